The Hall–Kier alpha value is -1.32. The van der Waals surface area contributed by atoms with Gasteiger partial charge in [0.25, 0.3) is 0 Å². The van der Waals surface area contributed by atoms with Crippen LogP contribution in [0, 0.1) is 0 Å². The molecule has 4 nitrogen and oxygen atoms in total. The molecule has 96 valence electrons. The van der Waals surface area contributed by atoms with Gasteiger partial charge >= 0.3 is 12.4 Å². The van der Waals surface area contributed by atoms with Crippen LogP contribution in [-0.4, -0.2) is 27.3 Å². The molecule has 0 atom stereocenters. The Morgan fingerprint density at radius 1 is 0.941 bits per heavy atom. The van der Waals surface area contributed by atoms with E-state index >= 15 is 0 Å². The molecule has 0 saturated carbocycles. The maximum Gasteiger partial charge on any atom is 0.407 e. The molecule has 1 aromatic heterocycles. The number of nitrogen functional groups attached to an aromatic ring is 1. The molecule has 0 saturated heterocycles. The summed E-state index contributed by atoms with van der Waals surface area (Å²) in [5.74, 6) is -6.25. The minimum atomic E-state index is -5.60. The summed E-state index contributed by atoms with van der Waals surface area (Å²) in [5, 5.41) is -0.842. The number of alkyl halides is 6. The Kier molecular flexibility index (Phi) is 3.37. The fraction of sp³-hybridized carbons (Fsp3) is 0.500. The molecule has 0 aliphatic rings. The van der Waals surface area contributed by atoms with E-state index in [-0.39, 0.29) is 0 Å². The van der Waals surface area contributed by atoms with Crippen molar-refractivity contribution in [2.24, 2.45) is 0 Å². The van der Waals surface area contributed by atoms with Gasteiger partial charge in [0, 0.05) is 0 Å². The molecule has 0 unspecified atom stereocenters. The molecular weight excluding hydrogens is 278 g/mol. The van der Waals surface area contributed by atoms with Crippen molar-refractivity contribution in [2.45, 2.75) is 18.3 Å². The van der Waals surface area contributed by atoms with Gasteiger partial charge in [-0.25, -0.2) is 4.98 Å². The molecule has 0 amide bonds. The Morgan fingerprint density at radius 2 is 1.41 bits per heavy atom. The highest BCUT2D eigenvalue weighted by atomic mass is 35.5. The highest BCUT2D eigenvalue weighted by Gasteiger charge is 2.59. The normalized spacial score (nSPS) is 13.2. The van der Waals surface area contributed by atoms with Crippen LogP contribution in [0.5, 0.6) is 0 Å². The second-order valence-electron chi connectivity index (χ2n) is 2.84. The lowest BCUT2D eigenvalue weighted by molar-refractivity contribution is -0.255. The zero-order chi connectivity index (χ0) is 13.4. The van der Waals surface area contributed by atoms with Gasteiger partial charge in [-0.3, -0.25) is 0 Å². The molecule has 2 N–H and O–H groups in total. The van der Waals surface area contributed by atoms with E-state index in [0.717, 1.165) is 0 Å². The Morgan fingerprint density at radius 3 is 1.76 bits per heavy atom. The fourth-order valence-electron chi connectivity index (χ4n) is 0.989. The second kappa shape index (κ2) is 4.17. The van der Waals surface area contributed by atoms with E-state index in [1.807, 2.05) is 0 Å². The topological polar surface area (TPSA) is 64.7 Å². The number of hydrogen-bond donors (Lipinski definition) is 1. The zero-order valence-electron chi connectivity index (χ0n) is 7.64. The maximum atomic E-state index is 12.3. The quantitative estimate of drug-likeness (QED) is 0.802. The lowest BCUT2D eigenvalue weighted by Crippen LogP contribution is -2.35. The summed E-state index contributed by atoms with van der Waals surface area (Å²) in [6.45, 7) is 0. The van der Waals surface area contributed by atoms with Crippen molar-refractivity contribution in [2.75, 3.05) is 5.73 Å². The summed E-state index contributed by atoms with van der Waals surface area (Å²) in [5.41, 5.74) is 4.90. The molecular formula is C6H3ClF6N4. The molecule has 17 heavy (non-hydrogen) atoms. The van der Waals surface area contributed by atoms with Crippen LogP contribution in [-0.2, 0) is 0 Å². The predicted octanol–water partition coefficient (Wildman–Crippen LogP) is 2.32. The first-order valence-corrected chi connectivity index (χ1v) is 4.20. The lowest BCUT2D eigenvalue weighted by atomic mass is 10.1. The monoisotopic (exact) mass is 280 g/mol. The first-order chi connectivity index (χ1) is 7.51. The van der Waals surface area contributed by atoms with E-state index in [9.17, 15) is 26.3 Å². The molecule has 0 spiro atoms. The van der Waals surface area contributed by atoms with Crippen molar-refractivity contribution in [1.82, 2.24) is 15.0 Å². The van der Waals surface area contributed by atoms with Crippen molar-refractivity contribution in [3.8, 4) is 0 Å². The summed E-state index contributed by atoms with van der Waals surface area (Å²) in [6, 6.07) is 0. The van der Waals surface area contributed by atoms with Crippen molar-refractivity contribution >= 4 is 17.5 Å². The van der Waals surface area contributed by atoms with Crippen molar-refractivity contribution in [1.29, 1.82) is 0 Å². The summed E-state index contributed by atoms with van der Waals surface area (Å²) >= 11 is 5.12. The van der Waals surface area contributed by atoms with Gasteiger partial charge in [-0.2, -0.15) is 36.3 Å². The van der Waals surface area contributed by atoms with Gasteiger partial charge in [0.2, 0.25) is 17.1 Å². The Labute approximate surface area is 94.8 Å². The summed E-state index contributed by atoms with van der Waals surface area (Å²) in [4.78, 5) is 8.66. The highest BCUT2D eigenvalue weighted by Crippen LogP contribution is 2.45. The largest absolute Gasteiger partial charge is 0.407 e. The molecule has 0 fully saturated rings. The van der Waals surface area contributed by atoms with E-state index in [0.29, 0.717) is 0 Å². The molecule has 11 heteroatoms. The SMILES string of the molecule is Nc1nc(Cl)nc(C(C(F)(F)F)C(F)(F)F)n1. The van der Waals surface area contributed by atoms with E-state index in [1.165, 1.54) is 0 Å². The van der Waals surface area contributed by atoms with E-state index in [2.05, 4.69) is 15.0 Å². The van der Waals surface area contributed by atoms with E-state index in [4.69, 9.17) is 17.3 Å². The second-order valence-corrected chi connectivity index (χ2v) is 3.18. The van der Waals surface area contributed by atoms with Gasteiger partial charge in [0.15, 0.2) is 5.82 Å². The number of anilines is 1. The van der Waals surface area contributed by atoms with Gasteiger partial charge in [-0.1, -0.05) is 0 Å². The highest BCUT2D eigenvalue weighted by molar-refractivity contribution is 6.28. The summed E-state index contributed by atoms with van der Waals surface area (Å²) < 4.78 is 73.6. The third-order valence-electron chi connectivity index (χ3n) is 1.56. The Bertz CT molecular complexity index is 382. The van der Waals surface area contributed by atoms with Gasteiger partial charge in [-0.15, -0.1) is 0 Å². The van der Waals surface area contributed by atoms with Gasteiger partial charge in [0.1, 0.15) is 0 Å². The average Bonchev–Trinajstić information content (AvgIpc) is 1.93. The van der Waals surface area contributed by atoms with Gasteiger partial charge in [-0.05, 0) is 11.6 Å². The van der Waals surface area contributed by atoms with Crippen LogP contribution in [0.15, 0.2) is 0 Å². The maximum absolute atomic E-state index is 12.3. The molecule has 0 aliphatic carbocycles. The molecule has 0 aromatic carbocycles. The third kappa shape index (κ3) is 3.32. The number of aromatic nitrogens is 3. The standard InChI is InChI=1S/C6H3ClF6N4/c7-3-15-2(16-4(14)17-3)1(5(8,9)10)6(11,12)13/h1H,(H2,14,15,16,17). The molecule has 0 aliphatic heterocycles. The minimum absolute atomic E-state index is 0.821. The molecule has 1 aromatic rings. The fourth-order valence-corrected chi connectivity index (χ4v) is 1.16. The molecule has 0 radical (unpaired) electrons. The van der Waals surface area contributed by atoms with Crippen LogP contribution in [0.25, 0.3) is 0 Å². The van der Waals surface area contributed by atoms with Crippen molar-refractivity contribution < 1.29 is 26.3 Å². The van der Waals surface area contributed by atoms with Crippen molar-refractivity contribution in [3.63, 3.8) is 0 Å². The first-order valence-electron chi connectivity index (χ1n) is 3.82. The first kappa shape index (κ1) is 13.7. The number of halogens is 7. The van der Waals surface area contributed by atoms with Crippen LogP contribution in [0.1, 0.15) is 11.7 Å². The van der Waals surface area contributed by atoms with Gasteiger partial charge < -0.3 is 5.73 Å². The third-order valence-corrected chi connectivity index (χ3v) is 1.72. The summed E-state index contributed by atoms with van der Waals surface area (Å²) in [7, 11) is 0. The molecule has 1 rings (SSSR count). The lowest BCUT2D eigenvalue weighted by Gasteiger charge is -2.21. The molecule has 1 heterocycles. The summed E-state index contributed by atoms with van der Waals surface area (Å²) in [6.07, 6.45) is -11.2. The minimum Gasteiger partial charge on any atom is -0.368 e. The molecule has 0 bridgehead atoms. The van der Waals surface area contributed by atoms with E-state index < -0.39 is 35.3 Å². The number of hydrogen-bond acceptors (Lipinski definition) is 4. The number of rotatable bonds is 1. The smallest absolute Gasteiger partial charge is 0.368 e. The van der Waals surface area contributed by atoms with E-state index in [1.54, 1.807) is 0 Å². The predicted molar refractivity (Wildman–Crippen MR) is 44.1 cm³/mol. The van der Waals surface area contributed by atoms with Crippen molar-refractivity contribution in [3.05, 3.63) is 11.1 Å². The van der Waals surface area contributed by atoms with Crippen LogP contribution in [0.3, 0.4) is 0 Å². The van der Waals surface area contributed by atoms with Gasteiger partial charge in [0.05, 0.1) is 0 Å². The number of nitrogens with two attached hydrogens (primary N) is 1. The van der Waals surface area contributed by atoms with Crippen LogP contribution in [0.2, 0.25) is 5.28 Å². The van der Waals surface area contributed by atoms with Crippen LogP contribution < -0.4 is 5.73 Å². The Balaban J connectivity index is 3.33. The average molecular weight is 281 g/mol. The van der Waals surface area contributed by atoms with Crippen LogP contribution >= 0.6 is 11.6 Å². The van der Waals surface area contributed by atoms with Crippen LogP contribution in [0.4, 0.5) is 32.3 Å². The number of nitrogens with zero attached hydrogens (tertiary/aromatic N) is 3. The zero-order valence-corrected chi connectivity index (χ0v) is 8.40.